The maximum absolute atomic E-state index is 12.6. The van der Waals surface area contributed by atoms with E-state index in [9.17, 15) is 4.79 Å². The van der Waals surface area contributed by atoms with E-state index in [4.69, 9.17) is 31.2 Å². The van der Waals surface area contributed by atoms with Gasteiger partial charge in [0, 0.05) is 28.8 Å². The van der Waals surface area contributed by atoms with Gasteiger partial charge < -0.3 is 33.6 Å². The highest BCUT2D eigenvalue weighted by Crippen LogP contribution is 2.42. The molecule has 294 valence electrons. The Morgan fingerprint density at radius 3 is 1.79 bits per heavy atom. The molecule has 5 aromatic heterocycles. The van der Waals surface area contributed by atoms with Gasteiger partial charge in [-0.25, -0.2) is 29.9 Å². The number of methoxy groups -OCH3 is 1. The number of fused-ring (bicyclic) bond motifs is 2. The molecule has 1 amide bonds. The molecule has 2 aliphatic carbocycles. The highest BCUT2D eigenvalue weighted by atomic mass is 16.5. The van der Waals surface area contributed by atoms with Gasteiger partial charge in [0.1, 0.15) is 11.6 Å². The molecule has 3 aliphatic rings. The van der Waals surface area contributed by atoms with Crippen molar-refractivity contribution >= 4 is 34.5 Å². The zero-order valence-corrected chi connectivity index (χ0v) is 31.9. The standard InChI is InChI=1S/C20H21N7O.C20H20N6O.CH4.CH3/c1-11-14(13-8-9-13)23-17(22-11)18-25-16(21)15-19(26-18)27(20(24-15)28-2)10-12-6-4-3-5-7-12;1-11-16(13-7-8-13)23-18(22-11)19-24-17(21)14-9-15(27)26(20(14)25-19)10-12-5-3-2-4-6-12;;/h3-7,13H,8-10H2,1-2H3,(H,22,23)(H2,21,25,26);2-6,13H,7-10H2,1H3,(H,22,23)(H2,21,24,25);1H4;1H3/q;;;-1. The highest BCUT2D eigenvalue weighted by molar-refractivity contribution is 6.01. The number of anilines is 3. The minimum Gasteiger partial charge on any atom is -0.468 e. The van der Waals surface area contributed by atoms with Crippen molar-refractivity contribution in [1.29, 1.82) is 0 Å². The molecule has 6 N–H and O–H groups in total. The van der Waals surface area contributed by atoms with Gasteiger partial charge in [-0.1, -0.05) is 68.1 Å². The van der Waals surface area contributed by atoms with Gasteiger partial charge >= 0.3 is 0 Å². The number of aryl methyl sites for hydroxylation is 2. The molecular weight excluding hydrogens is 719 g/mol. The molecule has 0 bridgehead atoms. The lowest BCUT2D eigenvalue weighted by Gasteiger charge is -2.17. The number of carbonyl (C=O) groups excluding carboxylic acids is 1. The van der Waals surface area contributed by atoms with Crippen LogP contribution in [0.4, 0.5) is 17.5 Å². The first-order valence-electron chi connectivity index (χ1n) is 18.5. The molecule has 7 aromatic rings. The van der Waals surface area contributed by atoms with Crippen LogP contribution in [0.25, 0.3) is 34.5 Å². The smallest absolute Gasteiger partial charge is 0.298 e. The molecule has 0 saturated heterocycles. The van der Waals surface area contributed by atoms with Crippen molar-refractivity contribution in [3.63, 3.8) is 0 Å². The number of benzene rings is 2. The average molecular weight is 767 g/mol. The number of carbonyl (C=O) groups is 1. The Hall–Kier alpha value is -6.64. The summed E-state index contributed by atoms with van der Waals surface area (Å²) >= 11 is 0. The second-order valence-electron chi connectivity index (χ2n) is 14.4. The van der Waals surface area contributed by atoms with Crippen LogP contribution in [-0.4, -0.2) is 62.4 Å². The van der Waals surface area contributed by atoms with Crippen LogP contribution >= 0.6 is 0 Å². The van der Waals surface area contributed by atoms with Crippen molar-refractivity contribution in [2.24, 2.45) is 0 Å². The number of H-pyrrole nitrogens is 2. The Bertz CT molecular complexity index is 2550. The maximum Gasteiger partial charge on any atom is 0.298 e. The maximum atomic E-state index is 12.6. The number of amides is 1. The van der Waals surface area contributed by atoms with Crippen LogP contribution < -0.4 is 21.1 Å². The van der Waals surface area contributed by atoms with Gasteiger partial charge in [-0.15, -0.1) is 0 Å². The van der Waals surface area contributed by atoms with E-state index in [1.54, 1.807) is 12.0 Å². The third-order valence-corrected chi connectivity index (χ3v) is 10.2. The quantitative estimate of drug-likeness (QED) is 0.112. The molecule has 57 heavy (non-hydrogen) atoms. The van der Waals surface area contributed by atoms with Crippen molar-refractivity contribution in [1.82, 2.24) is 49.4 Å². The monoisotopic (exact) mass is 766 g/mol. The summed E-state index contributed by atoms with van der Waals surface area (Å²) in [5.41, 5.74) is 20.7. The molecule has 2 saturated carbocycles. The summed E-state index contributed by atoms with van der Waals surface area (Å²) in [5.74, 6) is 4.49. The van der Waals surface area contributed by atoms with Crippen LogP contribution in [-0.2, 0) is 24.3 Å². The van der Waals surface area contributed by atoms with Crippen LogP contribution in [0.3, 0.4) is 0 Å². The number of nitrogens with one attached hydrogen (secondary N) is 2. The van der Waals surface area contributed by atoms with E-state index in [0.717, 1.165) is 33.9 Å². The first-order valence-corrected chi connectivity index (χ1v) is 18.5. The van der Waals surface area contributed by atoms with Gasteiger partial charge in [0.15, 0.2) is 40.3 Å². The van der Waals surface area contributed by atoms with Crippen LogP contribution in [0, 0.1) is 21.3 Å². The van der Waals surface area contributed by atoms with E-state index in [0.29, 0.717) is 88.4 Å². The Morgan fingerprint density at radius 1 is 0.719 bits per heavy atom. The molecule has 15 heteroatoms. The molecule has 0 unspecified atom stereocenters. The van der Waals surface area contributed by atoms with E-state index in [2.05, 4.69) is 42.0 Å². The zero-order chi connectivity index (χ0) is 37.8. The molecule has 15 nitrogen and oxygen atoms in total. The number of hydrogen-bond acceptors (Lipinski definition) is 11. The van der Waals surface area contributed by atoms with Crippen LogP contribution in [0.5, 0.6) is 6.01 Å². The Labute approximate surface area is 331 Å². The van der Waals surface area contributed by atoms with Crippen molar-refractivity contribution < 1.29 is 9.53 Å². The van der Waals surface area contributed by atoms with Crippen LogP contribution in [0.2, 0.25) is 0 Å². The average Bonchev–Trinajstić information content (AvgIpc) is 4.09. The van der Waals surface area contributed by atoms with Gasteiger partial charge in [0.25, 0.3) is 6.01 Å². The lowest BCUT2D eigenvalue weighted by Crippen LogP contribution is -2.26. The fraction of sp³-hybridized carbons (Fsp3) is 0.310. The molecular formula is C42H48N13O2-. The molecule has 0 atom stereocenters. The first kappa shape index (κ1) is 38.6. The van der Waals surface area contributed by atoms with Crippen LogP contribution in [0.1, 0.15) is 84.4 Å². The number of imidazole rings is 3. The predicted molar refractivity (Wildman–Crippen MR) is 221 cm³/mol. The predicted octanol–water partition coefficient (Wildman–Crippen LogP) is 6.85. The van der Waals surface area contributed by atoms with Gasteiger partial charge in [0.2, 0.25) is 5.91 Å². The number of nitrogens with zero attached hydrogens (tertiary/aromatic N) is 9. The van der Waals surface area contributed by atoms with E-state index in [1.165, 1.54) is 25.7 Å². The number of nitrogen functional groups attached to an aromatic ring is 2. The Balaban J connectivity index is 0.000000168. The third-order valence-electron chi connectivity index (χ3n) is 10.2. The van der Waals surface area contributed by atoms with Gasteiger partial charge in [-0.3, -0.25) is 14.3 Å². The highest BCUT2D eigenvalue weighted by Gasteiger charge is 2.34. The minimum atomic E-state index is -0.0127. The van der Waals surface area contributed by atoms with E-state index >= 15 is 0 Å². The van der Waals surface area contributed by atoms with Crippen molar-refractivity contribution in [2.75, 3.05) is 23.5 Å². The van der Waals surface area contributed by atoms with Crippen LogP contribution in [0.15, 0.2) is 60.7 Å². The summed E-state index contributed by atoms with van der Waals surface area (Å²) < 4.78 is 7.38. The second kappa shape index (κ2) is 15.5. The Kier molecular flexibility index (Phi) is 10.5. The van der Waals surface area contributed by atoms with Crippen molar-refractivity contribution in [3.8, 4) is 29.3 Å². The SMILES string of the molecule is C.COc1nc2c(N)nc(-c3nc(C4CC4)c(C)[nH]3)nc2n1Cc1ccccc1.Cc1[nH]c(-c2nc(N)c3c(n2)N(Cc2ccccc2)C(=O)C3)nc1C1CC1.[CH3-]. The first-order chi connectivity index (χ1) is 26.7. The third kappa shape index (κ3) is 7.52. The number of nitrogens with two attached hydrogens (primary N) is 2. The zero-order valence-electron chi connectivity index (χ0n) is 31.9. The summed E-state index contributed by atoms with van der Waals surface area (Å²) in [6.45, 7) is 5.09. The topological polar surface area (TPSA) is 208 Å². The second-order valence-corrected chi connectivity index (χ2v) is 14.4. The molecule has 6 heterocycles. The molecule has 1 aliphatic heterocycles. The van der Waals surface area contributed by atoms with Crippen molar-refractivity contribution in [2.45, 2.75) is 78.3 Å². The summed E-state index contributed by atoms with van der Waals surface area (Å²) in [7, 11) is 1.59. The number of hydrogen-bond donors (Lipinski definition) is 4. The van der Waals surface area contributed by atoms with Gasteiger partial charge in [-0.2, -0.15) is 4.98 Å². The molecule has 2 fully saturated rings. The van der Waals surface area contributed by atoms with Crippen molar-refractivity contribution in [3.05, 3.63) is 108 Å². The van der Waals surface area contributed by atoms with E-state index in [-0.39, 0.29) is 27.2 Å². The number of rotatable bonds is 9. The summed E-state index contributed by atoms with van der Waals surface area (Å²) in [6, 6.07) is 20.4. The summed E-state index contributed by atoms with van der Waals surface area (Å²) in [4.78, 5) is 53.0. The number of aromatic nitrogens is 10. The fourth-order valence-corrected chi connectivity index (χ4v) is 7.12. The largest absolute Gasteiger partial charge is 0.468 e. The lowest BCUT2D eigenvalue weighted by atomic mass is 10.2. The number of aromatic amines is 2. The van der Waals surface area contributed by atoms with Gasteiger partial charge in [-0.05, 0) is 50.7 Å². The minimum absolute atomic E-state index is 0. The van der Waals surface area contributed by atoms with E-state index < -0.39 is 0 Å². The molecule has 0 spiro atoms. The van der Waals surface area contributed by atoms with Gasteiger partial charge in [0.05, 0.1) is 38.0 Å². The molecule has 10 rings (SSSR count). The Morgan fingerprint density at radius 2 is 1.25 bits per heavy atom. The lowest BCUT2D eigenvalue weighted by molar-refractivity contribution is -0.117. The number of ether oxygens (including phenoxy) is 1. The summed E-state index contributed by atoms with van der Waals surface area (Å²) in [6.07, 6.45) is 4.97. The normalized spacial score (nSPS) is 14.4. The summed E-state index contributed by atoms with van der Waals surface area (Å²) in [5, 5.41) is 0. The molecule has 2 aromatic carbocycles. The molecule has 0 radical (unpaired) electrons. The fourth-order valence-electron chi connectivity index (χ4n) is 7.12. The van der Waals surface area contributed by atoms with E-state index in [1.807, 2.05) is 66.9 Å².